The van der Waals surface area contributed by atoms with Crippen LogP contribution < -0.4 is 5.73 Å². The van der Waals surface area contributed by atoms with Gasteiger partial charge in [0, 0.05) is 0 Å². The van der Waals surface area contributed by atoms with Gasteiger partial charge in [-0.05, 0) is 76.2 Å². The van der Waals surface area contributed by atoms with E-state index in [2.05, 4.69) is 35.2 Å². The Bertz CT molecular complexity index is 350. The number of likely N-dealkylation sites (tertiary alicyclic amines) is 1. The molecular weight excluding hydrogens is 244 g/mol. The monoisotopic (exact) mass is 274 g/mol. The lowest BCUT2D eigenvalue weighted by molar-refractivity contribution is 0.274. The molecule has 2 nitrogen and oxygen atoms in total. The maximum atomic E-state index is 5.55. The predicted octanol–water partition coefficient (Wildman–Crippen LogP) is 3.46. The summed E-state index contributed by atoms with van der Waals surface area (Å²) in [5.41, 5.74) is 7.06. The fourth-order valence-electron chi connectivity index (χ4n) is 3.26. The first-order valence-corrected chi connectivity index (χ1v) is 8.35. The molecule has 1 atom stereocenters. The van der Waals surface area contributed by atoms with Crippen LogP contribution in [0.25, 0.3) is 0 Å². The SMILES string of the molecule is NCCCCCN1CCCC(Cc2ccccc2)CC1. The van der Waals surface area contributed by atoms with Crippen molar-refractivity contribution in [3.8, 4) is 0 Å². The Morgan fingerprint density at radius 1 is 1.00 bits per heavy atom. The summed E-state index contributed by atoms with van der Waals surface area (Å²) >= 11 is 0. The third-order valence-electron chi connectivity index (χ3n) is 4.49. The highest BCUT2D eigenvalue weighted by molar-refractivity contribution is 5.15. The molecule has 0 saturated carbocycles. The minimum atomic E-state index is 0.846. The van der Waals surface area contributed by atoms with Crippen LogP contribution in [0.1, 0.15) is 44.1 Å². The van der Waals surface area contributed by atoms with Gasteiger partial charge in [0.1, 0.15) is 0 Å². The Labute approximate surface area is 124 Å². The van der Waals surface area contributed by atoms with Gasteiger partial charge in [0.2, 0.25) is 0 Å². The summed E-state index contributed by atoms with van der Waals surface area (Å²) in [5.74, 6) is 0.881. The summed E-state index contributed by atoms with van der Waals surface area (Å²) in [6, 6.07) is 11.0. The van der Waals surface area contributed by atoms with Gasteiger partial charge in [-0.25, -0.2) is 0 Å². The summed E-state index contributed by atoms with van der Waals surface area (Å²) in [6.45, 7) is 4.71. The third-order valence-corrected chi connectivity index (χ3v) is 4.49. The fourth-order valence-corrected chi connectivity index (χ4v) is 3.26. The minimum Gasteiger partial charge on any atom is -0.330 e. The topological polar surface area (TPSA) is 29.3 Å². The molecule has 1 aromatic rings. The van der Waals surface area contributed by atoms with Crippen LogP contribution in [0.3, 0.4) is 0 Å². The van der Waals surface area contributed by atoms with Gasteiger partial charge in [-0.15, -0.1) is 0 Å². The Hall–Kier alpha value is -0.860. The van der Waals surface area contributed by atoms with Gasteiger partial charge in [0.15, 0.2) is 0 Å². The first kappa shape index (κ1) is 15.5. The van der Waals surface area contributed by atoms with Gasteiger partial charge in [0.05, 0.1) is 0 Å². The molecule has 20 heavy (non-hydrogen) atoms. The summed E-state index contributed by atoms with van der Waals surface area (Å²) < 4.78 is 0. The van der Waals surface area contributed by atoms with E-state index in [1.54, 1.807) is 0 Å². The molecule has 2 heteroatoms. The van der Waals surface area contributed by atoms with E-state index in [0.717, 1.165) is 12.5 Å². The molecule has 0 radical (unpaired) electrons. The highest BCUT2D eigenvalue weighted by atomic mass is 15.1. The number of nitrogens with two attached hydrogens (primary N) is 1. The molecule has 1 aliphatic heterocycles. The second kappa shape index (κ2) is 9.15. The second-order valence-electron chi connectivity index (χ2n) is 6.18. The Kier molecular flexibility index (Phi) is 7.10. The van der Waals surface area contributed by atoms with E-state index in [4.69, 9.17) is 5.73 Å². The Morgan fingerprint density at radius 3 is 2.65 bits per heavy atom. The molecule has 2 N–H and O–H groups in total. The first-order chi connectivity index (χ1) is 9.88. The van der Waals surface area contributed by atoms with E-state index in [9.17, 15) is 0 Å². The molecule has 1 saturated heterocycles. The standard InChI is InChI=1S/C18H30N2/c19-12-5-2-6-13-20-14-7-10-18(11-15-20)16-17-8-3-1-4-9-17/h1,3-4,8-9,18H,2,5-7,10-16,19H2. The number of hydrogen-bond donors (Lipinski definition) is 1. The lowest BCUT2D eigenvalue weighted by Gasteiger charge is -2.20. The zero-order chi connectivity index (χ0) is 14.0. The quantitative estimate of drug-likeness (QED) is 0.772. The van der Waals surface area contributed by atoms with Crippen LogP contribution in [0, 0.1) is 5.92 Å². The van der Waals surface area contributed by atoms with Crippen molar-refractivity contribution in [2.45, 2.75) is 44.9 Å². The second-order valence-corrected chi connectivity index (χ2v) is 6.18. The molecule has 1 aromatic carbocycles. The van der Waals surface area contributed by atoms with Crippen molar-refractivity contribution < 1.29 is 0 Å². The van der Waals surface area contributed by atoms with Crippen LogP contribution in [0.15, 0.2) is 30.3 Å². The number of rotatable bonds is 7. The van der Waals surface area contributed by atoms with Gasteiger partial charge in [-0.2, -0.15) is 0 Å². The minimum absolute atomic E-state index is 0.846. The van der Waals surface area contributed by atoms with Crippen LogP contribution in [0.5, 0.6) is 0 Å². The molecule has 1 heterocycles. The molecule has 0 spiro atoms. The van der Waals surface area contributed by atoms with Crippen LogP contribution in [0.4, 0.5) is 0 Å². The summed E-state index contributed by atoms with van der Waals surface area (Å²) in [7, 11) is 0. The molecule has 0 aliphatic carbocycles. The average molecular weight is 274 g/mol. The van der Waals surface area contributed by atoms with Crippen LogP contribution in [-0.2, 0) is 6.42 Å². The highest BCUT2D eigenvalue weighted by Crippen LogP contribution is 2.22. The van der Waals surface area contributed by atoms with Crippen molar-refractivity contribution in [2.24, 2.45) is 11.7 Å². The van der Waals surface area contributed by atoms with E-state index >= 15 is 0 Å². The first-order valence-electron chi connectivity index (χ1n) is 8.35. The van der Waals surface area contributed by atoms with Crippen molar-refractivity contribution in [1.82, 2.24) is 4.90 Å². The van der Waals surface area contributed by atoms with Crippen molar-refractivity contribution >= 4 is 0 Å². The number of benzene rings is 1. The molecule has 1 fully saturated rings. The molecule has 1 unspecified atom stereocenters. The molecule has 112 valence electrons. The zero-order valence-electron chi connectivity index (χ0n) is 12.8. The van der Waals surface area contributed by atoms with Crippen molar-refractivity contribution in [3.05, 3.63) is 35.9 Å². The lowest BCUT2D eigenvalue weighted by Crippen LogP contribution is -2.26. The van der Waals surface area contributed by atoms with Crippen molar-refractivity contribution in [2.75, 3.05) is 26.2 Å². The van der Waals surface area contributed by atoms with E-state index < -0.39 is 0 Å². The summed E-state index contributed by atoms with van der Waals surface area (Å²) in [6.07, 6.45) is 9.20. The largest absolute Gasteiger partial charge is 0.330 e. The zero-order valence-corrected chi connectivity index (χ0v) is 12.8. The fraction of sp³-hybridized carbons (Fsp3) is 0.667. The predicted molar refractivity (Wildman–Crippen MR) is 86.8 cm³/mol. The normalized spacial score (nSPS) is 20.8. The Balaban J connectivity index is 1.69. The maximum Gasteiger partial charge on any atom is -0.00160 e. The van der Waals surface area contributed by atoms with Gasteiger partial charge in [0.25, 0.3) is 0 Å². The number of nitrogens with zero attached hydrogens (tertiary/aromatic N) is 1. The average Bonchev–Trinajstić information content (AvgIpc) is 2.70. The van der Waals surface area contributed by atoms with E-state index in [1.807, 2.05) is 0 Å². The third kappa shape index (κ3) is 5.64. The van der Waals surface area contributed by atoms with Gasteiger partial charge in [-0.3, -0.25) is 0 Å². The highest BCUT2D eigenvalue weighted by Gasteiger charge is 2.16. The van der Waals surface area contributed by atoms with Crippen molar-refractivity contribution in [3.63, 3.8) is 0 Å². The molecule has 0 bridgehead atoms. The van der Waals surface area contributed by atoms with Gasteiger partial charge in [-0.1, -0.05) is 36.8 Å². The Morgan fingerprint density at radius 2 is 1.85 bits per heavy atom. The van der Waals surface area contributed by atoms with Gasteiger partial charge < -0.3 is 10.6 Å². The van der Waals surface area contributed by atoms with E-state index in [1.165, 1.54) is 70.1 Å². The van der Waals surface area contributed by atoms with Crippen LogP contribution in [-0.4, -0.2) is 31.1 Å². The lowest BCUT2D eigenvalue weighted by atomic mass is 9.93. The molecule has 1 aliphatic rings. The summed E-state index contributed by atoms with van der Waals surface area (Å²) in [4.78, 5) is 2.67. The maximum absolute atomic E-state index is 5.55. The number of hydrogen-bond acceptors (Lipinski definition) is 2. The smallest absolute Gasteiger partial charge is 0.00160 e. The van der Waals surface area contributed by atoms with Gasteiger partial charge >= 0.3 is 0 Å². The molecular formula is C18H30N2. The summed E-state index contributed by atoms with van der Waals surface area (Å²) in [5, 5.41) is 0. The van der Waals surface area contributed by atoms with Crippen LogP contribution in [0.2, 0.25) is 0 Å². The van der Waals surface area contributed by atoms with E-state index in [0.29, 0.717) is 0 Å². The molecule has 0 aromatic heterocycles. The van der Waals surface area contributed by atoms with Crippen molar-refractivity contribution in [1.29, 1.82) is 0 Å². The molecule has 2 rings (SSSR count). The molecule has 0 amide bonds. The van der Waals surface area contributed by atoms with Crippen LogP contribution >= 0.6 is 0 Å². The van der Waals surface area contributed by atoms with E-state index in [-0.39, 0.29) is 0 Å². The number of unbranched alkanes of at least 4 members (excludes halogenated alkanes) is 2.